The zero-order valence-corrected chi connectivity index (χ0v) is 7.86. The number of alkyl halides is 1. The summed E-state index contributed by atoms with van der Waals surface area (Å²) in [6, 6.07) is 0. The van der Waals surface area contributed by atoms with Gasteiger partial charge in [-0.25, -0.2) is 0 Å². The van der Waals surface area contributed by atoms with Gasteiger partial charge in [0.05, 0.1) is 5.38 Å². The highest BCUT2D eigenvalue weighted by molar-refractivity contribution is 6.21. The molecule has 3 heteroatoms. The molecule has 0 aromatic rings. The molecule has 0 aliphatic heterocycles. The molecule has 1 aliphatic carbocycles. The molecule has 0 saturated heterocycles. The molecule has 0 N–H and O–H groups in total. The highest BCUT2D eigenvalue weighted by Gasteiger charge is 2.40. The third-order valence-corrected chi connectivity index (χ3v) is 2.95. The van der Waals surface area contributed by atoms with E-state index in [1.165, 1.54) is 6.42 Å². The van der Waals surface area contributed by atoms with E-state index in [0.29, 0.717) is 0 Å². The van der Waals surface area contributed by atoms with Gasteiger partial charge >= 0.3 is 0 Å². The minimum absolute atomic E-state index is 0.00579. The summed E-state index contributed by atoms with van der Waals surface area (Å²) in [5, 5.41) is 0.00579. The van der Waals surface area contributed by atoms with Crippen LogP contribution in [0.5, 0.6) is 0 Å². The summed E-state index contributed by atoms with van der Waals surface area (Å²) in [5.41, 5.74) is 0. The molecule has 1 unspecified atom stereocenters. The number of methoxy groups -OCH3 is 2. The van der Waals surface area contributed by atoms with Crippen LogP contribution < -0.4 is 0 Å². The van der Waals surface area contributed by atoms with E-state index in [1.807, 2.05) is 0 Å². The summed E-state index contributed by atoms with van der Waals surface area (Å²) < 4.78 is 10.6. The van der Waals surface area contributed by atoms with Gasteiger partial charge in [0.25, 0.3) is 0 Å². The molecule has 1 rings (SSSR count). The second kappa shape index (κ2) is 3.74. The van der Waals surface area contributed by atoms with Crippen LogP contribution in [-0.4, -0.2) is 25.4 Å². The predicted molar refractivity (Wildman–Crippen MR) is 44.9 cm³/mol. The van der Waals surface area contributed by atoms with Crippen molar-refractivity contribution < 1.29 is 9.47 Å². The molecule has 1 aliphatic rings. The van der Waals surface area contributed by atoms with Crippen molar-refractivity contribution in [3.05, 3.63) is 0 Å². The Labute approximate surface area is 72.8 Å². The Morgan fingerprint density at radius 2 is 1.91 bits per heavy atom. The Morgan fingerprint density at radius 3 is 2.27 bits per heavy atom. The average molecular weight is 179 g/mol. The van der Waals surface area contributed by atoms with Gasteiger partial charge in [-0.3, -0.25) is 0 Å². The van der Waals surface area contributed by atoms with Crippen molar-refractivity contribution in [3.8, 4) is 0 Å². The predicted octanol–water partition coefficient (Wildman–Crippen LogP) is 2.16. The molecule has 1 atom stereocenters. The van der Waals surface area contributed by atoms with E-state index in [0.717, 1.165) is 19.3 Å². The molecule has 11 heavy (non-hydrogen) atoms. The Balaban J connectivity index is 2.61. The zero-order chi connectivity index (χ0) is 8.32. The third-order valence-electron chi connectivity index (χ3n) is 2.40. The van der Waals surface area contributed by atoms with Crippen LogP contribution in [0, 0.1) is 0 Å². The number of halogens is 1. The zero-order valence-electron chi connectivity index (χ0n) is 7.10. The molecule has 0 bridgehead atoms. The van der Waals surface area contributed by atoms with Crippen molar-refractivity contribution in [2.24, 2.45) is 0 Å². The summed E-state index contributed by atoms with van der Waals surface area (Å²) in [7, 11) is 3.31. The fourth-order valence-corrected chi connectivity index (χ4v) is 2.06. The van der Waals surface area contributed by atoms with Crippen LogP contribution in [-0.2, 0) is 9.47 Å². The fourth-order valence-electron chi connectivity index (χ4n) is 1.61. The number of ether oxygens (including phenoxy) is 2. The summed E-state index contributed by atoms with van der Waals surface area (Å²) in [6.07, 6.45) is 4.23. The van der Waals surface area contributed by atoms with Crippen molar-refractivity contribution in [3.63, 3.8) is 0 Å². The van der Waals surface area contributed by atoms with Crippen molar-refractivity contribution in [1.82, 2.24) is 0 Å². The van der Waals surface area contributed by atoms with Crippen LogP contribution >= 0.6 is 11.6 Å². The van der Waals surface area contributed by atoms with E-state index in [1.54, 1.807) is 14.2 Å². The lowest BCUT2D eigenvalue weighted by atomic mass is 9.93. The normalized spacial score (nSPS) is 30.3. The largest absolute Gasteiger partial charge is 0.352 e. The van der Waals surface area contributed by atoms with Crippen molar-refractivity contribution in [2.75, 3.05) is 14.2 Å². The van der Waals surface area contributed by atoms with Gasteiger partial charge in [0, 0.05) is 20.6 Å². The Hall–Kier alpha value is 0.210. The standard InChI is InChI=1S/C8H15ClO2/c1-10-8(11-2)6-4-3-5-7(8)9/h7H,3-6H2,1-2H3. The Kier molecular flexibility index (Phi) is 3.16. The van der Waals surface area contributed by atoms with Gasteiger partial charge in [0.1, 0.15) is 0 Å². The van der Waals surface area contributed by atoms with Gasteiger partial charge in [-0.15, -0.1) is 11.6 Å². The third kappa shape index (κ3) is 1.68. The van der Waals surface area contributed by atoms with Crippen molar-refractivity contribution in [1.29, 1.82) is 0 Å². The van der Waals surface area contributed by atoms with Crippen LogP contribution in [0.25, 0.3) is 0 Å². The van der Waals surface area contributed by atoms with Crippen LogP contribution in [0.4, 0.5) is 0 Å². The number of hydrogen-bond donors (Lipinski definition) is 0. The SMILES string of the molecule is COC1(OC)CCCCC1Cl. The molecule has 66 valence electrons. The van der Waals surface area contributed by atoms with Gasteiger partial charge in [-0.2, -0.15) is 0 Å². The summed E-state index contributed by atoms with van der Waals surface area (Å²) >= 11 is 6.09. The second-order valence-electron chi connectivity index (χ2n) is 2.93. The first kappa shape index (κ1) is 9.30. The lowest BCUT2D eigenvalue weighted by molar-refractivity contribution is -0.219. The topological polar surface area (TPSA) is 18.5 Å². The Bertz CT molecular complexity index is 123. The fraction of sp³-hybridized carbons (Fsp3) is 1.00. The molecule has 1 saturated carbocycles. The molecule has 0 heterocycles. The second-order valence-corrected chi connectivity index (χ2v) is 3.46. The van der Waals surface area contributed by atoms with Gasteiger partial charge in [0.15, 0.2) is 5.79 Å². The Morgan fingerprint density at radius 1 is 1.27 bits per heavy atom. The minimum atomic E-state index is -0.514. The molecule has 1 fully saturated rings. The molecule has 0 amide bonds. The van der Waals surface area contributed by atoms with Gasteiger partial charge in [-0.05, 0) is 12.8 Å². The maximum absolute atomic E-state index is 6.09. The van der Waals surface area contributed by atoms with Crippen molar-refractivity contribution in [2.45, 2.75) is 36.8 Å². The lowest BCUT2D eigenvalue weighted by Gasteiger charge is -2.38. The van der Waals surface area contributed by atoms with Crippen LogP contribution in [0.3, 0.4) is 0 Å². The van der Waals surface area contributed by atoms with Crippen LogP contribution in [0.15, 0.2) is 0 Å². The van der Waals surface area contributed by atoms with E-state index in [9.17, 15) is 0 Å². The van der Waals surface area contributed by atoms with E-state index in [-0.39, 0.29) is 5.38 Å². The quantitative estimate of drug-likeness (QED) is 0.477. The minimum Gasteiger partial charge on any atom is -0.352 e. The highest BCUT2D eigenvalue weighted by atomic mass is 35.5. The van der Waals surface area contributed by atoms with E-state index < -0.39 is 5.79 Å². The molecule has 0 radical (unpaired) electrons. The first-order valence-electron chi connectivity index (χ1n) is 3.99. The lowest BCUT2D eigenvalue weighted by Crippen LogP contribution is -2.45. The molecule has 0 aromatic carbocycles. The average Bonchev–Trinajstić information content (AvgIpc) is 2.06. The summed E-state index contributed by atoms with van der Waals surface area (Å²) in [6.45, 7) is 0. The first-order chi connectivity index (χ1) is 5.25. The first-order valence-corrected chi connectivity index (χ1v) is 4.43. The molecule has 0 spiro atoms. The summed E-state index contributed by atoms with van der Waals surface area (Å²) in [5.74, 6) is -0.514. The summed E-state index contributed by atoms with van der Waals surface area (Å²) in [4.78, 5) is 0. The monoisotopic (exact) mass is 178 g/mol. The smallest absolute Gasteiger partial charge is 0.183 e. The van der Waals surface area contributed by atoms with Gasteiger partial charge in [-0.1, -0.05) is 6.42 Å². The maximum atomic E-state index is 6.09. The molecular formula is C8H15ClO2. The van der Waals surface area contributed by atoms with Crippen LogP contribution in [0.1, 0.15) is 25.7 Å². The maximum Gasteiger partial charge on any atom is 0.183 e. The van der Waals surface area contributed by atoms with Gasteiger partial charge < -0.3 is 9.47 Å². The van der Waals surface area contributed by atoms with E-state index >= 15 is 0 Å². The van der Waals surface area contributed by atoms with E-state index in [2.05, 4.69) is 0 Å². The van der Waals surface area contributed by atoms with E-state index in [4.69, 9.17) is 21.1 Å². The molecule has 0 aromatic heterocycles. The number of rotatable bonds is 2. The molecular weight excluding hydrogens is 164 g/mol. The highest BCUT2D eigenvalue weighted by Crippen LogP contribution is 2.35. The van der Waals surface area contributed by atoms with Crippen molar-refractivity contribution >= 4 is 11.6 Å². The molecule has 2 nitrogen and oxygen atoms in total. The van der Waals surface area contributed by atoms with Crippen LogP contribution in [0.2, 0.25) is 0 Å². The number of hydrogen-bond acceptors (Lipinski definition) is 2. The van der Waals surface area contributed by atoms with Gasteiger partial charge in [0.2, 0.25) is 0 Å².